The molecule has 0 radical (unpaired) electrons. The van der Waals surface area contributed by atoms with E-state index in [2.05, 4.69) is 21.2 Å². The smallest absolute Gasteiger partial charge is 0.262 e. The first-order valence-corrected chi connectivity index (χ1v) is 6.04. The first-order chi connectivity index (χ1) is 8.06. The van der Waals surface area contributed by atoms with Gasteiger partial charge in [0.2, 0.25) is 0 Å². The second kappa shape index (κ2) is 6.26. The number of nitriles is 1. The van der Waals surface area contributed by atoms with E-state index in [1.165, 1.54) is 6.08 Å². The molecule has 17 heavy (non-hydrogen) atoms. The van der Waals surface area contributed by atoms with Crippen LogP contribution in [-0.4, -0.2) is 11.9 Å². The maximum absolute atomic E-state index is 11.7. The third kappa shape index (κ3) is 4.08. The quantitative estimate of drug-likeness (QED) is 0.686. The normalized spacial score (nSPS) is 12.9. The van der Waals surface area contributed by atoms with Crippen molar-refractivity contribution in [2.45, 2.75) is 26.3 Å². The molecule has 1 aromatic rings. The molecule has 1 aromatic heterocycles. The maximum Gasteiger partial charge on any atom is 0.262 e. The largest absolute Gasteiger partial charge is 0.450 e. The van der Waals surface area contributed by atoms with E-state index in [0.717, 1.165) is 6.42 Å². The SMILES string of the molecule is CC[C@@H](C)NC(=O)/C(C#N)=C/c1ccc(Br)o1. The summed E-state index contributed by atoms with van der Waals surface area (Å²) in [4.78, 5) is 11.7. The van der Waals surface area contributed by atoms with Crippen molar-refractivity contribution in [2.24, 2.45) is 0 Å². The minimum absolute atomic E-state index is 0.0344. The van der Waals surface area contributed by atoms with Crippen LogP contribution >= 0.6 is 15.9 Å². The molecule has 0 saturated heterocycles. The number of carbonyl (C=O) groups excluding carboxylic acids is 1. The molecule has 1 heterocycles. The van der Waals surface area contributed by atoms with Gasteiger partial charge in [-0.3, -0.25) is 4.79 Å². The van der Waals surface area contributed by atoms with Gasteiger partial charge >= 0.3 is 0 Å². The molecule has 0 aliphatic heterocycles. The Morgan fingerprint density at radius 3 is 2.88 bits per heavy atom. The Hall–Kier alpha value is -1.54. The number of carbonyl (C=O) groups is 1. The number of nitrogens with zero attached hydrogens (tertiary/aromatic N) is 1. The molecule has 0 spiro atoms. The molecule has 0 aromatic carbocycles. The summed E-state index contributed by atoms with van der Waals surface area (Å²) in [6.45, 7) is 3.85. The summed E-state index contributed by atoms with van der Waals surface area (Å²) in [5, 5.41) is 11.6. The summed E-state index contributed by atoms with van der Waals surface area (Å²) in [5.74, 6) is 0.0853. The Kier molecular flexibility index (Phi) is 4.98. The Morgan fingerprint density at radius 2 is 2.41 bits per heavy atom. The molecule has 0 bridgehead atoms. The van der Waals surface area contributed by atoms with Gasteiger partial charge in [-0.15, -0.1) is 0 Å². The van der Waals surface area contributed by atoms with Crippen molar-refractivity contribution in [3.63, 3.8) is 0 Å². The Balaban J connectivity index is 2.82. The van der Waals surface area contributed by atoms with Gasteiger partial charge in [0.25, 0.3) is 5.91 Å². The van der Waals surface area contributed by atoms with Gasteiger partial charge in [-0.2, -0.15) is 5.26 Å². The molecule has 4 nitrogen and oxygen atoms in total. The zero-order chi connectivity index (χ0) is 12.8. The van der Waals surface area contributed by atoms with Crippen molar-refractivity contribution in [2.75, 3.05) is 0 Å². The lowest BCUT2D eigenvalue weighted by atomic mass is 10.2. The minimum Gasteiger partial charge on any atom is -0.450 e. The summed E-state index contributed by atoms with van der Waals surface area (Å²) in [6, 6.07) is 5.29. The second-order valence-corrected chi connectivity index (χ2v) is 4.38. The van der Waals surface area contributed by atoms with E-state index in [0.29, 0.717) is 10.4 Å². The number of nitrogens with one attached hydrogen (secondary N) is 1. The van der Waals surface area contributed by atoms with E-state index in [1.54, 1.807) is 12.1 Å². The summed E-state index contributed by atoms with van der Waals surface area (Å²) >= 11 is 3.15. The van der Waals surface area contributed by atoms with Gasteiger partial charge < -0.3 is 9.73 Å². The van der Waals surface area contributed by atoms with Crippen LogP contribution in [0.3, 0.4) is 0 Å². The van der Waals surface area contributed by atoms with Crippen molar-refractivity contribution in [3.05, 3.63) is 28.1 Å². The maximum atomic E-state index is 11.7. The van der Waals surface area contributed by atoms with E-state index in [1.807, 2.05) is 19.9 Å². The second-order valence-electron chi connectivity index (χ2n) is 3.59. The van der Waals surface area contributed by atoms with Crippen LogP contribution < -0.4 is 5.32 Å². The molecule has 1 amide bonds. The predicted molar refractivity (Wildman–Crippen MR) is 67.9 cm³/mol. The molecule has 0 fully saturated rings. The van der Waals surface area contributed by atoms with Crippen molar-refractivity contribution >= 4 is 27.9 Å². The van der Waals surface area contributed by atoms with Crippen LogP contribution in [0.25, 0.3) is 6.08 Å². The highest BCUT2D eigenvalue weighted by molar-refractivity contribution is 9.10. The monoisotopic (exact) mass is 296 g/mol. The molecule has 1 atom stereocenters. The standard InChI is InChI=1S/C12H13BrN2O2/c1-3-8(2)15-12(16)9(7-14)6-10-4-5-11(13)17-10/h4-6,8H,3H2,1-2H3,(H,15,16)/b9-6+/t8-/m1/s1. The van der Waals surface area contributed by atoms with E-state index >= 15 is 0 Å². The molecule has 0 aliphatic carbocycles. The number of rotatable bonds is 4. The zero-order valence-electron chi connectivity index (χ0n) is 9.66. The lowest BCUT2D eigenvalue weighted by molar-refractivity contribution is -0.117. The van der Waals surface area contributed by atoms with Crippen LogP contribution in [0.1, 0.15) is 26.0 Å². The Bertz CT molecular complexity index is 471. The van der Waals surface area contributed by atoms with E-state index in [4.69, 9.17) is 9.68 Å². The molecule has 0 saturated carbocycles. The molecule has 5 heteroatoms. The van der Waals surface area contributed by atoms with Gasteiger partial charge in [-0.25, -0.2) is 0 Å². The first-order valence-electron chi connectivity index (χ1n) is 5.24. The van der Waals surface area contributed by atoms with Gasteiger partial charge in [0.05, 0.1) is 0 Å². The fourth-order valence-electron chi connectivity index (χ4n) is 1.10. The third-order valence-electron chi connectivity index (χ3n) is 2.24. The van der Waals surface area contributed by atoms with Gasteiger partial charge in [0.15, 0.2) is 4.67 Å². The van der Waals surface area contributed by atoms with Crippen molar-refractivity contribution < 1.29 is 9.21 Å². The van der Waals surface area contributed by atoms with Crippen LogP contribution in [0.15, 0.2) is 26.8 Å². The fraction of sp³-hybridized carbons (Fsp3) is 0.333. The van der Waals surface area contributed by atoms with Crippen LogP contribution in [0.2, 0.25) is 0 Å². The van der Waals surface area contributed by atoms with E-state index in [-0.39, 0.29) is 17.5 Å². The number of hydrogen-bond donors (Lipinski definition) is 1. The molecule has 90 valence electrons. The fourth-order valence-corrected chi connectivity index (χ4v) is 1.42. The van der Waals surface area contributed by atoms with E-state index in [9.17, 15) is 4.79 Å². The van der Waals surface area contributed by atoms with Gasteiger partial charge in [-0.05, 0) is 41.4 Å². The average Bonchev–Trinajstić information content (AvgIpc) is 2.71. The number of amides is 1. The number of furan rings is 1. The molecule has 0 unspecified atom stereocenters. The lowest BCUT2D eigenvalue weighted by Gasteiger charge is -2.09. The van der Waals surface area contributed by atoms with E-state index < -0.39 is 0 Å². The predicted octanol–water partition coefficient (Wildman–Crippen LogP) is 2.86. The van der Waals surface area contributed by atoms with Gasteiger partial charge in [-0.1, -0.05) is 6.92 Å². The summed E-state index contributed by atoms with van der Waals surface area (Å²) < 4.78 is 5.77. The summed E-state index contributed by atoms with van der Waals surface area (Å²) in [7, 11) is 0. The highest BCUT2D eigenvalue weighted by atomic mass is 79.9. The first kappa shape index (κ1) is 13.5. The van der Waals surface area contributed by atoms with Crippen LogP contribution in [0.4, 0.5) is 0 Å². The highest BCUT2D eigenvalue weighted by Gasteiger charge is 2.12. The number of halogens is 1. The van der Waals surface area contributed by atoms with Gasteiger partial charge in [0, 0.05) is 12.1 Å². The van der Waals surface area contributed by atoms with Crippen molar-refractivity contribution in [1.82, 2.24) is 5.32 Å². The number of hydrogen-bond acceptors (Lipinski definition) is 3. The highest BCUT2D eigenvalue weighted by Crippen LogP contribution is 2.16. The zero-order valence-corrected chi connectivity index (χ0v) is 11.2. The summed E-state index contributed by atoms with van der Waals surface area (Å²) in [5.41, 5.74) is 0.0344. The molecule has 1 rings (SSSR count). The molecule has 0 aliphatic rings. The molecular weight excluding hydrogens is 284 g/mol. The lowest BCUT2D eigenvalue weighted by Crippen LogP contribution is -2.32. The molecule has 1 N–H and O–H groups in total. The topological polar surface area (TPSA) is 66.0 Å². The Morgan fingerprint density at radius 1 is 1.71 bits per heavy atom. The van der Waals surface area contributed by atoms with Crippen LogP contribution in [-0.2, 0) is 4.79 Å². The van der Waals surface area contributed by atoms with Crippen LogP contribution in [0.5, 0.6) is 0 Å². The van der Waals surface area contributed by atoms with Crippen molar-refractivity contribution in [1.29, 1.82) is 5.26 Å². The molecular formula is C12H13BrN2O2. The van der Waals surface area contributed by atoms with Gasteiger partial charge in [0.1, 0.15) is 17.4 Å². The Labute approximate surface area is 108 Å². The average molecular weight is 297 g/mol. The minimum atomic E-state index is -0.380. The van der Waals surface area contributed by atoms with Crippen LogP contribution in [0, 0.1) is 11.3 Å². The van der Waals surface area contributed by atoms with Crippen molar-refractivity contribution in [3.8, 4) is 6.07 Å². The summed E-state index contributed by atoms with van der Waals surface area (Å²) in [6.07, 6.45) is 2.24. The third-order valence-corrected chi connectivity index (χ3v) is 2.66.